The Morgan fingerprint density at radius 3 is 1.83 bits per heavy atom. The molecule has 38 valence electrons. The third-order valence-electron chi connectivity index (χ3n) is 0.253. The lowest BCUT2D eigenvalue weighted by Crippen LogP contribution is -2.06. The molecule has 0 saturated carbocycles. The Morgan fingerprint density at radius 1 is 1.67 bits per heavy atom. The highest BCUT2D eigenvalue weighted by molar-refractivity contribution is 8.00. The molecule has 0 unspecified atom stereocenters. The third kappa shape index (κ3) is 4.99. The number of hydrogen-bond acceptors (Lipinski definition) is 2. The largest absolute Gasteiger partial charge is 0.161 e. The van der Waals surface area contributed by atoms with Gasteiger partial charge in [0.15, 0.2) is 0 Å². The summed E-state index contributed by atoms with van der Waals surface area (Å²) >= 11 is 13.3. The molecule has 0 nitrogen and oxygen atoms in total. The zero-order valence-electron chi connectivity index (χ0n) is 3.48. The maximum Gasteiger partial charge on any atom is 0.0658 e. The summed E-state index contributed by atoms with van der Waals surface area (Å²) in [6.45, 7) is 1.84. The van der Waals surface area contributed by atoms with Crippen molar-refractivity contribution in [3.63, 3.8) is 0 Å². The van der Waals surface area contributed by atoms with E-state index >= 15 is 0 Å². The highest BCUT2D eigenvalue weighted by atomic mass is 35.5. The summed E-state index contributed by atoms with van der Waals surface area (Å²) < 4.78 is -0.304. The molecule has 6 heavy (non-hydrogen) atoms. The molecule has 0 fully saturated rings. The van der Waals surface area contributed by atoms with Crippen LogP contribution in [-0.2, 0) is 0 Å². The Hall–Kier alpha value is 0.990. The van der Waals surface area contributed by atoms with Gasteiger partial charge in [0.2, 0.25) is 0 Å². The summed E-state index contributed by atoms with van der Waals surface area (Å²) in [7, 11) is 0. The maximum absolute atomic E-state index is 5.32. The van der Waals surface area contributed by atoms with Gasteiger partial charge in [0.1, 0.15) is 0 Å². The van der Waals surface area contributed by atoms with E-state index in [-0.39, 0.29) is 4.08 Å². The van der Waals surface area contributed by atoms with E-state index in [2.05, 4.69) is 25.3 Å². The number of alkyl halides is 1. The fourth-order valence-electron chi connectivity index (χ4n) is 0. The number of thiol groups is 2. The predicted octanol–water partition coefficient (Wildman–Crippen LogP) is 1.80. The SMILES string of the molecule is CC(S)(S)CCl. The lowest BCUT2D eigenvalue weighted by Gasteiger charge is -2.08. The molecule has 0 aliphatic carbocycles. The lowest BCUT2D eigenvalue weighted by atomic mass is 10.5. The van der Waals surface area contributed by atoms with Crippen molar-refractivity contribution in [1.82, 2.24) is 0 Å². The first-order chi connectivity index (χ1) is 2.56. The highest BCUT2D eigenvalue weighted by Gasteiger charge is 2.07. The van der Waals surface area contributed by atoms with Gasteiger partial charge in [0, 0.05) is 5.88 Å². The Bertz CT molecular complexity index is 38.5. The molecule has 0 aromatic heterocycles. The fourth-order valence-corrected chi connectivity index (χ4v) is 0. The zero-order chi connectivity index (χ0) is 5.21. The summed E-state index contributed by atoms with van der Waals surface area (Å²) in [5.74, 6) is 0.471. The van der Waals surface area contributed by atoms with Crippen LogP contribution in [0, 0.1) is 0 Å². The minimum Gasteiger partial charge on any atom is -0.161 e. The predicted molar refractivity (Wildman–Crippen MR) is 37.1 cm³/mol. The first kappa shape index (κ1) is 6.99. The molecule has 0 heterocycles. The van der Waals surface area contributed by atoms with Gasteiger partial charge in [-0.15, -0.1) is 11.6 Å². The molecule has 0 atom stereocenters. The zero-order valence-corrected chi connectivity index (χ0v) is 6.02. The van der Waals surface area contributed by atoms with Gasteiger partial charge < -0.3 is 0 Å². The molecule has 0 amide bonds. The second-order valence-electron chi connectivity index (χ2n) is 1.35. The number of rotatable bonds is 1. The average Bonchev–Trinajstić information content (AvgIpc) is 1.35. The van der Waals surface area contributed by atoms with Gasteiger partial charge in [0.25, 0.3) is 0 Å². The van der Waals surface area contributed by atoms with Gasteiger partial charge in [-0.3, -0.25) is 0 Å². The molecule has 3 heteroatoms. The van der Waals surface area contributed by atoms with Crippen LogP contribution in [0.25, 0.3) is 0 Å². The van der Waals surface area contributed by atoms with Crippen LogP contribution < -0.4 is 0 Å². The second kappa shape index (κ2) is 2.34. The Labute approximate surface area is 54.1 Å². The monoisotopic (exact) mass is 142 g/mol. The van der Waals surface area contributed by atoms with Crippen LogP contribution in [0.15, 0.2) is 0 Å². The van der Waals surface area contributed by atoms with E-state index < -0.39 is 0 Å². The smallest absolute Gasteiger partial charge is 0.0658 e. The van der Waals surface area contributed by atoms with E-state index in [0.29, 0.717) is 5.88 Å². The number of hydrogen-bond donors (Lipinski definition) is 2. The topological polar surface area (TPSA) is 0 Å². The minimum absolute atomic E-state index is 0.304. The molecule has 0 aromatic carbocycles. The van der Waals surface area contributed by atoms with Crippen LogP contribution >= 0.6 is 36.9 Å². The molecule has 0 spiro atoms. The molecular formula is C3H7ClS2. The Balaban J connectivity index is 3.17. The summed E-state index contributed by atoms with van der Waals surface area (Å²) in [6, 6.07) is 0. The molecule has 0 aliphatic heterocycles. The summed E-state index contributed by atoms with van der Waals surface area (Å²) in [5, 5.41) is 0. The van der Waals surface area contributed by atoms with Gasteiger partial charge >= 0.3 is 0 Å². The third-order valence-corrected chi connectivity index (χ3v) is 1.48. The molecule has 0 aromatic rings. The van der Waals surface area contributed by atoms with E-state index in [1.165, 1.54) is 0 Å². The van der Waals surface area contributed by atoms with Crippen molar-refractivity contribution in [2.45, 2.75) is 11.0 Å². The highest BCUT2D eigenvalue weighted by Crippen LogP contribution is 2.18. The van der Waals surface area contributed by atoms with Crippen molar-refractivity contribution < 1.29 is 0 Å². The molecule has 0 bridgehead atoms. The van der Waals surface area contributed by atoms with Gasteiger partial charge in [-0.05, 0) is 6.92 Å². The van der Waals surface area contributed by atoms with E-state index in [4.69, 9.17) is 11.6 Å². The normalized spacial score (nSPS) is 12.0. The van der Waals surface area contributed by atoms with Crippen molar-refractivity contribution in [2.75, 3.05) is 5.88 Å². The molecule has 0 aliphatic rings. The molecule has 0 saturated heterocycles. The first-order valence-electron chi connectivity index (χ1n) is 1.57. The summed E-state index contributed by atoms with van der Waals surface area (Å²) in [6.07, 6.45) is 0. The van der Waals surface area contributed by atoms with Gasteiger partial charge in [0.05, 0.1) is 4.08 Å². The van der Waals surface area contributed by atoms with Crippen LogP contribution in [0.2, 0.25) is 0 Å². The van der Waals surface area contributed by atoms with E-state index in [0.717, 1.165) is 0 Å². The van der Waals surface area contributed by atoms with E-state index in [1.54, 1.807) is 0 Å². The van der Waals surface area contributed by atoms with Crippen molar-refractivity contribution in [3.05, 3.63) is 0 Å². The van der Waals surface area contributed by atoms with Crippen LogP contribution in [0.4, 0.5) is 0 Å². The lowest BCUT2D eigenvalue weighted by molar-refractivity contribution is 1.06. The Morgan fingerprint density at radius 2 is 1.83 bits per heavy atom. The molecule has 0 radical (unpaired) electrons. The average molecular weight is 143 g/mol. The summed E-state index contributed by atoms with van der Waals surface area (Å²) in [4.78, 5) is 0. The Kier molecular flexibility index (Phi) is 2.72. The van der Waals surface area contributed by atoms with Crippen molar-refractivity contribution in [3.8, 4) is 0 Å². The van der Waals surface area contributed by atoms with E-state index in [9.17, 15) is 0 Å². The van der Waals surface area contributed by atoms with Crippen LogP contribution in [0.3, 0.4) is 0 Å². The van der Waals surface area contributed by atoms with Crippen molar-refractivity contribution in [2.24, 2.45) is 0 Å². The summed E-state index contributed by atoms with van der Waals surface area (Å²) in [5.41, 5.74) is 0. The minimum atomic E-state index is -0.304. The van der Waals surface area contributed by atoms with Gasteiger partial charge in [-0.2, -0.15) is 25.3 Å². The van der Waals surface area contributed by atoms with Crippen molar-refractivity contribution in [1.29, 1.82) is 0 Å². The molecule has 0 N–H and O–H groups in total. The standard InChI is InChI=1S/C3H7ClS2/c1-3(5,6)2-4/h5-6H,2H2,1H3. The van der Waals surface area contributed by atoms with Gasteiger partial charge in [-0.1, -0.05) is 0 Å². The van der Waals surface area contributed by atoms with Crippen LogP contribution in [0.5, 0.6) is 0 Å². The van der Waals surface area contributed by atoms with Gasteiger partial charge in [-0.25, -0.2) is 0 Å². The molecule has 0 rings (SSSR count). The quantitative estimate of drug-likeness (QED) is 0.312. The fraction of sp³-hybridized carbons (Fsp3) is 1.00. The van der Waals surface area contributed by atoms with Crippen molar-refractivity contribution >= 4 is 36.9 Å². The maximum atomic E-state index is 5.32. The second-order valence-corrected chi connectivity index (χ2v) is 3.94. The molecular weight excluding hydrogens is 136 g/mol. The van der Waals surface area contributed by atoms with E-state index in [1.807, 2.05) is 6.92 Å². The number of halogens is 1. The first-order valence-corrected chi connectivity index (χ1v) is 3.00. The van der Waals surface area contributed by atoms with Crippen LogP contribution in [0.1, 0.15) is 6.92 Å². The van der Waals surface area contributed by atoms with Crippen LogP contribution in [-0.4, -0.2) is 9.96 Å².